The maximum absolute atomic E-state index is 12.6. The molecule has 0 aromatic heterocycles. The minimum absolute atomic E-state index is 0.0685. The number of alkyl carbamates (subject to hydrolysis) is 1. The summed E-state index contributed by atoms with van der Waals surface area (Å²) in [5, 5.41) is 1.87. The van der Waals surface area contributed by atoms with Crippen molar-refractivity contribution < 1.29 is 32.3 Å². The molecular weight excluding hydrogens is 400 g/mol. The summed E-state index contributed by atoms with van der Waals surface area (Å²) >= 11 is 0. The number of sulfonamides is 1. The van der Waals surface area contributed by atoms with Gasteiger partial charge in [-0.25, -0.2) is 18.0 Å². The second kappa shape index (κ2) is 9.69. The second-order valence-corrected chi connectivity index (χ2v) is 7.53. The lowest BCUT2D eigenvalue weighted by Gasteiger charge is -2.10. The number of carbonyl (C=O) groups excluding carboxylic acids is 3. The predicted molar refractivity (Wildman–Crippen MR) is 104 cm³/mol. The maximum Gasteiger partial charge on any atom is 0.413 e. The number of amides is 2. The fourth-order valence-electron chi connectivity index (χ4n) is 2.24. The molecule has 0 aliphatic heterocycles. The third kappa shape index (κ3) is 6.61. The molecule has 10 heteroatoms. The number of ether oxygens (including phenoxy) is 2. The molecule has 2 amide bonds. The lowest BCUT2D eigenvalue weighted by atomic mass is 10.2. The zero-order valence-electron chi connectivity index (χ0n) is 15.8. The monoisotopic (exact) mass is 420 g/mol. The van der Waals surface area contributed by atoms with Crippen molar-refractivity contribution in [2.75, 3.05) is 17.9 Å². The van der Waals surface area contributed by atoms with Gasteiger partial charge in [-0.15, -0.1) is 0 Å². The third-order valence-electron chi connectivity index (χ3n) is 3.50. The van der Waals surface area contributed by atoms with E-state index in [1.807, 2.05) is 18.3 Å². The molecule has 2 N–H and O–H groups in total. The first-order valence-corrected chi connectivity index (χ1v) is 10.0. The van der Waals surface area contributed by atoms with Gasteiger partial charge in [0.25, 0.3) is 15.9 Å². The van der Waals surface area contributed by atoms with Crippen LogP contribution in [0.25, 0.3) is 0 Å². The topological polar surface area (TPSA) is 128 Å². The summed E-state index contributed by atoms with van der Waals surface area (Å²) in [6.45, 7) is 2.75. The van der Waals surface area contributed by atoms with Crippen molar-refractivity contribution in [3.05, 3.63) is 59.7 Å². The lowest BCUT2D eigenvalue weighted by molar-refractivity contribution is -0.123. The van der Waals surface area contributed by atoms with Crippen LogP contribution in [-0.2, 0) is 24.3 Å². The number of anilines is 1. The molecule has 0 bridgehead atoms. The normalized spacial score (nSPS) is 10.7. The van der Waals surface area contributed by atoms with E-state index in [0.29, 0.717) is 5.69 Å². The Bertz CT molecular complexity index is 1020. The van der Waals surface area contributed by atoms with E-state index in [2.05, 4.69) is 9.46 Å². The van der Waals surface area contributed by atoms with E-state index in [0.717, 1.165) is 11.6 Å². The van der Waals surface area contributed by atoms with Crippen LogP contribution in [0.3, 0.4) is 0 Å². The van der Waals surface area contributed by atoms with Gasteiger partial charge in [-0.2, -0.15) is 0 Å². The van der Waals surface area contributed by atoms with E-state index in [4.69, 9.17) is 4.74 Å². The zero-order chi connectivity index (χ0) is 21.4. The molecule has 2 rings (SSSR count). The molecule has 0 aliphatic rings. The van der Waals surface area contributed by atoms with Crippen molar-refractivity contribution >= 4 is 33.7 Å². The SMILES string of the molecule is CCOC(=O)NC(=O)COC(=O)c1cccc(S(=O)(=O)Nc2cccc(C)c2)c1. The van der Waals surface area contributed by atoms with Crippen LogP contribution in [0.2, 0.25) is 0 Å². The molecule has 0 aliphatic carbocycles. The number of hydrogen-bond donors (Lipinski definition) is 2. The van der Waals surface area contributed by atoms with Gasteiger partial charge in [0.05, 0.1) is 17.1 Å². The predicted octanol–water partition coefficient (Wildman–Crippen LogP) is 2.23. The molecule has 0 fully saturated rings. The molecule has 2 aromatic carbocycles. The van der Waals surface area contributed by atoms with E-state index in [-0.39, 0.29) is 17.1 Å². The first kappa shape index (κ1) is 21.9. The zero-order valence-corrected chi connectivity index (χ0v) is 16.6. The Balaban J connectivity index is 2.05. The minimum atomic E-state index is -3.94. The van der Waals surface area contributed by atoms with Gasteiger partial charge in [0.15, 0.2) is 6.61 Å². The summed E-state index contributed by atoms with van der Waals surface area (Å²) in [6, 6.07) is 12.0. The maximum atomic E-state index is 12.6. The number of esters is 1. The summed E-state index contributed by atoms with van der Waals surface area (Å²) in [4.78, 5) is 34.6. The van der Waals surface area contributed by atoms with Crippen LogP contribution in [0.5, 0.6) is 0 Å². The highest BCUT2D eigenvalue weighted by Gasteiger charge is 2.18. The average Bonchev–Trinajstić information content (AvgIpc) is 2.66. The van der Waals surface area contributed by atoms with Crippen LogP contribution < -0.4 is 10.0 Å². The number of nitrogens with one attached hydrogen (secondary N) is 2. The van der Waals surface area contributed by atoms with Gasteiger partial charge < -0.3 is 9.47 Å². The Labute approximate surface area is 168 Å². The molecule has 9 nitrogen and oxygen atoms in total. The Morgan fingerprint density at radius 1 is 1.00 bits per heavy atom. The molecule has 2 aromatic rings. The van der Waals surface area contributed by atoms with E-state index in [9.17, 15) is 22.8 Å². The summed E-state index contributed by atoms with van der Waals surface area (Å²) in [5.74, 6) is -1.79. The van der Waals surface area contributed by atoms with Crippen molar-refractivity contribution in [3.63, 3.8) is 0 Å². The fraction of sp³-hybridized carbons (Fsp3) is 0.211. The number of benzene rings is 2. The van der Waals surface area contributed by atoms with Crippen LogP contribution in [0.1, 0.15) is 22.8 Å². The van der Waals surface area contributed by atoms with Gasteiger partial charge in [0.1, 0.15) is 0 Å². The third-order valence-corrected chi connectivity index (χ3v) is 4.88. The highest BCUT2D eigenvalue weighted by molar-refractivity contribution is 7.92. The largest absolute Gasteiger partial charge is 0.452 e. The molecule has 154 valence electrons. The molecule has 0 radical (unpaired) electrons. The van der Waals surface area contributed by atoms with E-state index in [1.54, 1.807) is 25.1 Å². The molecule has 0 atom stereocenters. The first-order chi connectivity index (χ1) is 13.7. The van der Waals surface area contributed by atoms with Gasteiger partial charge in [-0.3, -0.25) is 14.8 Å². The highest BCUT2D eigenvalue weighted by atomic mass is 32.2. The van der Waals surface area contributed by atoms with Crippen LogP contribution in [0.15, 0.2) is 53.4 Å². The summed E-state index contributed by atoms with van der Waals surface area (Å²) in [7, 11) is -3.94. The Morgan fingerprint density at radius 3 is 2.41 bits per heavy atom. The average molecular weight is 420 g/mol. The number of hydrogen-bond acceptors (Lipinski definition) is 7. The Hall–Kier alpha value is -3.40. The van der Waals surface area contributed by atoms with Gasteiger partial charge in [-0.05, 0) is 49.7 Å². The van der Waals surface area contributed by atoms with E-state index in [1.165, 1.54) is 18.2 Å². The summed E-state index contributed by atoms with van der Waals surface area (Å²) in [6.07, 6.45) is -0.955. The molecule has 0 saturated heterocycles. The fourth-order valence-corrected chi connectivity index (χ4v) is 3.34. The molecule has 0 heterocycles. The molecule has 29 heavy (non-hydrogen) atoms. The molecule has 0 spiro atoms. The van der Waals surface area contributed by atoms with Crippen LogP contribution in [0, 0.1) is 6.92 Å². The van der Waals surface area contributed by atoms with E-state index >= 15 is 0 Å². The van der Waals surface area contributed by atoms with Crippen LogP contribution in [0.4, 0.5) is 10.5 Å². The Morgan fingerprint density at radius 2 is 1.72 bits per heavy atom. The first-order valence-electron chi connectivity index (χ1n) is 8.54. The van der Waals surface area contributed by atoms with Gasteiger partial charge in [0, 0.05) is 5.69 Å². The van der Waals surface area contributed by atoms with Gasteiger partial charge >= 0.3 is 12.1 Å². The van der Waals surface area contributed by atoms with Crippen molar-refractivity contribution in [3.8, 4) is 0 Å². The number of imide groups is 1. The minimum Gasteiger partial charge on any atom is -0.452 e. The van der Waals surface area contributed by atoms with Crippen LogP contribution in [-0.4, -0.2) is 39.6 Å². The highest BCUT2D eigenvalue weighted by Crippen LogP contribution is 2.18. The molecular formula is C19H20N2O7S. The number of rotatable bonds is 7. The summed E-state index contributed by atoms with van der Waals surface area (Å²) in [5.41, 5.74) is 1.19. The van der Waals surface area contributed by atoms with Gasteiger partial charge in [-0.1, -0.05) is 18.2 Å². The lowest BCUT2D eigenvalue weighted by Crippen LogP contribution is -2.34. The van der Waals surface area contributed by atoms with Crippen molar-refractivity contribution in [1.82, 2.24) is 5.32 Å². The van der Waals surface area contributed by atoms with Crippen molar-refractivity contribution in [2.45, 2.75) is 18.7 Å². The number of carbonyl (C=O) groups is 3. The smallest absolute Gasteiger partial charge is 0.413 e. The quantitative estimate of drug-likeness (QED) is 0.657. The van der Waals surface area contributed by atoms with E-state index < -0.39 is 34.6 Å². The Kier molecular flexibility index (Phi) is 7.32. The van der Waals surface area contributed by atoms with Crippen molar-refractivity contribution in [1.29, 1.82) is 0 Å². The summed E-state index contributed by atoms with van der Waals surface area (Å²) < 4.78 is 36.9. The molecule has 0 unspecified atom stereocenters. The van der Waals surface area contributed by atoms with Crippen LogP contribution >= 0.6 is 0 Å². The number of aryl methyl sites for hydroxylation is 1. The second-order valence-electron chi connectivity index (χ2n) is 5.85. The standard InChI is InChI=1S/C19H20N2O7S/c1-3-27-19(24)20-17(22)12-28-18(23)14-7-5-9-16(11-14)29(25,26)21-15-8-4-6-13(2)10-15/h4-11,21H,3,12H2,1-2H3,(H,20,22,24). The van der Waals surface area contributed by atoms with Crippen molar-refractivity contribution in [2.24, 2.45) is 0 Å². The molecule has 0 saturated carbocycles. The van der Waals surface area contributed by atoms with Gasteiger partial charge in [0.2, 0.25) is 0 Å².